The van der Waals surface area contributed by atoms with Gasteiger partial charge in [0.1, 0.15) is 0 Å². The molecule has 1 fully saturated rings. The number of rotatable bonds is 4. The Morgan fingerprint density at radius 2 is 1.95 bits per heavy atom. The Hall–Kier alpha value is -1.09. The molecule has 0 aromatic rings. The summed E-state index contributed by atoms with van der Waals surface area (Å²) in [5, 5.41) is 3.25. The third kappa shape index (κ3) is 3.95. The van der Waals surface area contributed by atoms with E-state index in [2.05, 4.69) is 36.2 Å². The molecule has 0 saturated carbocycles. The number of carbonyl (C=O) groups excluding carboxylic acids is 1. The number of carbonyl (C=O) groups is 1. The number of likely N-dealkylation sites (tertiary alicyclic amines) is 1. The molecule has 3 nitrogen and oxygen atoms in total. The van der Waals surface area contributed by atoms with Crippen LogP contribution in [0.4, 0.5) is 0 Å². The second-order valence-corrected chi connectivity index (χ2v) is 6.27. The van der Waals surface area contributed by atoms with Gasteiger partial charge < -0.3 is 5.32 Å². The molecule has 2 rings (SSSR count). The molecule has 1 N–H and O–H groups in total. The van der Waals surface area contributed by atoms with E-state index in [1.807, 2.05) is 12.2 Å². The van der Waals surface area contributed by atoms with Crippen molar-refractivity contribution in [1.82, 2.24) is 10.2 Å². The van der Waals surface area contributed by atoms with E-state index in [-0.39, 0.29) is 17.5 Å². The molecule has 0 bridgehead atoms. The molecular weight excluding hydrogens is 248 g/mol. The van der Waals surface area contributed by atoms with Crippen molar-refractivity contribution in [2.45, 2.75) is 64.0 Å². The molecule has 2 unspecified atom stereocenters. The maximum absolute atomic E-state index is 12.6. The molecule has 0 aromatic heterocycles. The predicted molar refractivity (Wildman–Crippen MR) is 83.6 cm³/mol. The van der Waals surface area contributed by atoms with Gasteiger partial charge in [-0.15, -0.1) is 0 Å². The van der Waals surface area contributed by atoms with E-state index in [0.717, 1.165) is 25.9 Å². The van der Waals surface area contributed by atoms with Gasteiger partial charge >= 0.3 is 0 Å². The van der Waals surface area contributed by atoms with Gasteiger partial charge in [-0.2, -0.15) is 0 Å². The Bertz CT molecular complexity index is 380. The van der Waals surface area contributed by atoms with Crippen molar-refractivity contribution in [3.05, 3.63) is 24.3 Å². The van der Waals surface area contributed by atoms with E-state index in [0.29, 0.717) is 0 Å². The molecule has 0 aromatic carbocycles. The largest absolute Gasteiger partial charge is 0.346 e. The van der Waals surface area contributed by atoms with Crippen molar-refractivity contribution >= 4 is 5.91 Å². The molecule has 1 saturated heterocycles. The highest BCUT2D eigenvalue weighted by Crippen LogP contribution is 2.19. The van der Waals surface area contributed by atoms with Crippen LogP contribution in [-0.2, 0) is 4.79 Å². The molecule has 1 aliphatic heterocycles. The lowest BCUT2D eigenvalue weighted by atomic mass is 9.93. The number of amides is 1. The lowest BCUT2D eigenvalue weighted by molar-refractivity contribution is -0.127. The zero-order valence-electron chi connectivity index (χ0n) is 12.9. The van der Waals surface area contributed by atoms with Crippen molar-refractivity contribution in [2.24, 2.45) is 0 Å². The maximum Gasteiger partial charge on any atom is 0.238 e. The topological polar surface area (TPSA) is 32.3 Å². The van der Waals surface area contributed by atoms with Crippen LogP contribution < -0.4 is 5.32 Å². The van der Waals surface area contributed by atoms with Crippen LogP contribution >= 0.6 is 0 Å². The fraction of sp³-hybridized carbons (Fsp3) is 0.706. The summed E-state index contributed by atoms with van der Waals surface area (Å²) >= 11 is 0. The first-order chi connectivity index (χ1) is 9.64. The summed E-state index contributed by atoms with van der Waals surface area (Å²) in [6, 6.07) is 0.0317. The first kappa shape index (κ1) is 15.3. The zero-order valence-corrected chi connectivity index (χ0v) is 12.9. The second-order valence-electron chi connectivity index (χ2n) is 6.27. The third-order valence-corrected chi connectivity index (χ3v) is 4.43. The molecule has 1 aliphatic carbocycles. The summed E-state index contributed by atoms with van der Waals surface area (Å²) in [5.74, 6) is 0.192. The molecule has 0 radical (unpaired) electrons. The lowest BCUT2D eigenvalue weighted by Crippen LogP contribution is -2.53. The smallest absolute Gasteiger partial charge is 0.238 e. The molecule has 1 amide bonds. The van der Waals surface area contributed by atoms with Gasteiger partial charge in [-0.25, -0.2) is 0 Å². The van der Waals surface area contributed by atoms with Gasteiger partial charge in [0, 0.05) is 0 Å². The quantitative estimate of drug-likeness (QED) is 0.856. The molecule has 2 atom stereocenters. The van der Waals surface area contributed by atoms with Crippen LogP contribution in [0.3, 0.4) is 0 Å². The Kier molecular flexibility index (Phi) is 5.41. The van der Waals surface area contributed by atoms with Gasteiger partial charge in [0.15, 0.2) is 0 Å². The minimum absolute atomic E-state index is 0.0317. The molecule has 3 heteroatoms. The first-order valence-electron chi connectivity index (χ1n) is 8.05. The van der Waals surface area contributed by atoms with Gasteiger partial charge in [-0.05, 0) is 45.7 Å². The van der Waals surface area contributed by atoms with Crippen LogP contribution in [0.1, 0.15) is 52.4 Å². The SMILES string of the molecule is CCC(C(=O)NC1(C)C=CC=CC1)N1CCCCCC1. The van der Waals surface area contributed by atoms with Gasteiger partial charge in [-0.1, -0.05) is 44.1 Å². The standard InChI is InChI=1S/C17H28N2O/c1-3-15(19-13-9-4-5-10-14-19)16(20)18-17(2)11-7-6-8-12-17/h6-8,11,15H,3-5,9-10,12-14H2,1-2H3,(H,18,20). The van der Waals surface area contributed by atoms with Crippen molar-refractivity contribution < 1.29 is 4.79 Å². The van der Waals surface area contributed by atoms with Crippen LogP contribution in [-0.4, -0.2) is 35.5 Å². The summed E-state index contributed by atoms with van der Waals surface area (Å²) in [5.41, 5.74) is -0.217. The third-order valence-electron chi connectivity index (χ3n) is 4.43. The summed E-state index contributed by atoms with van der Waals surface area (Å²) in [7, 11) is 0. The second kappa shape index (κ2) is 7.07. The molecule has 112 valence electrons. The van der Waals surface area contributed by atoms with Gasteiger partial charge in [0.05, 0.1) is 11.6 Å². The van der Waals surface area contributed by atoms with Crippen LogP contribution in [0, 0.1) is 0 Å². The van der Waals surface area contributed by atoms with Crippen molar-refractivity contribution in [3.8, 4) is 0 Å². The van der Waals surface area contributed by atoms with Crippen molar-refractivity contribution in [1.29, 1.82) is 0 Å². The van der Waals surface area contributed by atoms with E-state index < -0.39 is 0 Å². The first-order valence-corrected chi connectivity index (χ1v) is 8.05. The van der Waals surface area contributed by atoms with Crippen molar-refractivity contribution in [3.63, 3.8) is 0 Å². The van der Waals surface area contributed by atoms with E-state index in [4.69, 9.17) is 0 Å². The van der Waals surface area contributed by atoms with Crippen LogP contribution in [0.15, 0.2) is 24.3 Å². The Labute approximate surface area is 123 Å². The van der Waals surface area contributed by atoms with Crippen LogP contribution in [0.25, 0.3) is 0 Å². The van der Waals surface area contributed by atoms with E-state index in [9.17, 15) is 4.79 Å². The number of nitrogens with one attached hydrogen (secondary N) is 1. The van der Waals surface area contributed by atoms with E-state index in [1.54, 1.807) is 0 Å². The summed E-state index contributed by atoms with van der Waals surface area (Å²) in [6.07, 6.45) is 15.1. The maximum atomic E-state index is 12.6. The number of hydrogen-bond acceptors (Lipinski definition) is 2. The molecule has 0 spiro atoms. The minimum atomic E-state index is -0.217. The summed E-state index contributed by atoms with van der Waals surface area (Å²) < 4.78 is 0. The van der Waals surface area contributed by atoms with Crippen LogP contribution in [0.5, 0.6) is 0 Å². The fourth-order valence-electron chi connectivity index (χ4n) is 3.20. The molecular formula is C17H28N2O. The Morgan fingerprint density at radius 3 is 2.50 bits per heavy atom. The lowest BCUT2D eigenvalue weighted by Gasteiger charge is -2.34. The fourth-order valence-corrected chi connectivity index (χ4v) is 3.20. The van der Waals surface area contributed by atoms with Gasteiger partial charge in [0.2, 0.25) is 5.91 Å². The highest BCUT2D eigenvalue weighted by Gasteiger charge is 2.30. The normalized spacial score (nSPS) is 28.9. The van der Waals surface area contributed by atoms with E-state index in [1.165, 1.54) is 25.7 Å². The monoisotopic (exact) mass is 276 g/mol. The van der Waals surface area contributed by atoms with Gasteiger partial charge in [0.25, 0.3) is 0 Å². The minimum Gasteiger partial charge on any atom is -0.346 e. The molecule has 20 heavy (non-hydrogen) atoms. The highest BCUT2D eigenvalue weighted by atomic mass is 16.2. The zero-order chi connectivity index (χ0) is 14.4. The van der Waals surface area contributed by atoms with Crippen molar-refractivity contribution in [2.75, 3.05) is 13.1 Å². The number of nitrogens with zero attached hydrogens (tertiary/aromatic N) is 1. The molecule has 1 heterocycles. The number of hydrogen-bond donors (Lipinski definition) is 1. The number of allylic oxidation sites excluding steroid dienone is 2. The van der Waals surface area contributed by atoms with E-state index >= 15 is 0 Å². The van der Waals surface area contributed by atoms with Crippen LogP contribution in [0.2, 0.25) is 0 Å². The average molecular weight is 276 g/mol. The summed E-state index contributed by atoms with van der Waals surface area (Å²) in [6.45, 7) is 6.35. The molecule has 2 aliphatic rings. The Balaban J connectivity index is 1.97. The predicted octanol–water partition coefficient (Wildman–Crippen LogP) is 3.03. The van der Waals surface area contributed by atoms with Gasteiger partial charge in [-0.3, -0.25) is 9.69 Å². The highest BCUT2D eigenvalue weighted by molar-refractivity contribution is 5.82. The average Bonchev–Trinajstić information content (AvgIpc) is 2.69. The Morgan fingerprint density at radius 1 is 1.25 bits per heavy atom. The summed E-state index contributed by atoms with van der Waals surface area (Å²) in [4.78, 5) is 15.0.